The largest absolute Gasteiger partial charge is 0.385 e. The molecule has 0 unspecified atom stereocenters. The highest BCUT2D eigenvalue weighted by atomic mass is 32.2. The molecular formula is C23H30N4O3S. The molecule has 0 saturated carbocycles. The molecule has 0 fully saturated rings. The maximum atomic E-state index is 13.0. The minimum Gasteiger partial charge on any atom is -0.385 e. The van der Waals surface area contributed by atoms with Gasteiger partial charge in [0.2, 0.25) is 0 Å². The van der Waals surface area contributed by atoms with E-state index in [1.54, 1.807) is 11.7 Å². The first-order chi connectivity index (χ1) is 14.8. The van der Waals surface area contributed by atoms with Crippen LogP contribution in [-0.4, -0.2) is 44.6 Å². The summed E-state index contributed by atoms with van der Waals surface area (Å²) in [6, 6.07) is 10.4. The molecule has 2 heterocycles. The molecule has 0 amide bonds. The fourth-order valence-electron chi connectivity index (χ4n) is 3.64. The number of ketones is 1. The molecule has 1 N–H and O–H groups in total. The van der Waals surface area contributed by atoms with Crippen LogP contribution in [0.2, 0.25) is 0 Å². The van der Waals surface area contributed by atoms with Crippen molar-refractivity contribution >= 4 is 17.5 Å². The Bertz CT molecular complexity index is 1090. The Hall–Kier alpha value is -2.58. The smallest absolute Gasteiger partial charge is 0.343 e. The van der Waals surface area contributed by atoms with Gasteiger partial charge in [0.15, 0.2) is 10.9 Å². The van der Waals surface area contributed by atoms with E-state index < -0.39 is 0 Å². The van der Waals surface area contributed by atoms with E-state index in [1.165, 1.54) is 17.3 Å². The predicted molar refractivity (Wildman–Crippen MR) is 124 cm³/mol. The van der Waals surface area contributed by atoms with Crippen LogP contribution in [-0.2, 0) is 11.3 Å². The first kappa shape index (κ1) is 23.1. The van der Waals surface area contributed by atoms with Gasteiger partial charge in [0, 0.05) is 42.9 Å². The average molecular weight is 443 g/mol. The van der Waals surface area contributed by atoms with Crippen LogP contribution in [0.4, 0.5) is 0 Å². The topological polar surface area (TPSA) is 81.9 Å². The lowest BCUT2D eigenvalue weighted by atomic mass is 10.0. The number of carbonyl (C=O) groups is 1. The van der Waals surface area contributed by atoms with E-state index in [1.807, 2.05) is 19.9 Å². The number of H-pyrrole nitrogens is 1. The Morgan fingerprint density at radius 2 is 1.94 bits per heavy atom. The van der Waals surface area contributed by atoms with Crippen LogP contribution < -0.4 is 5.69 Å². The summed E-state index contributed by atoms with van der Waals surface area (Å²) in [6.07, 6.45) is 0.703. The van der Waals surface area contributed by atoms with Gasteiger partial charge in [-0.2, -0.15) is 0 Å². The summed E-state index contributed by atoms with van der Waals surface area (Å²) in [5.41, 5.74) is 4.69. The zero-order chi connectivity index (χ0) is 22.5. The third-order valence-corrected chi connectivity index (χ3v) is 6.31. The van der Waals surface area contributed by atoms with Gasteiger partial charge >= 0.3 is 5.69 Å². The van der Waals surface area contributed by atoms with Crippen molar-refractivity contribution in [2.75, 3.05) is 19.5 Å². The molecule has 0 aliphatic rings. The summed E-state index contributed by atoms with van der Waals surface area (Å²) in [7, 11) is 1.63. The maximum absolute atomic E-state index is 13.0. The van der Waals surface area contributed by atoms with Crippen LogP contribution in [0.15, 0.2) is 40.3 Å². The highest BCUT2D eigenvalue weighted by Gasteiger charge is 2.18. The number of ether oxygens (including phenoxy) is 1. The van der Waals surface area contributed by atoms with E-state index in [2.05, 4.69) is 52.9 Å². The van der Waals surface area contributed by atoms with Crippen LogP contribution in [0.1, 0.15) is 53.5 Å². The summed E-state index contributed by atoms with van der Waals surface area (Å²) < 4.78 is 8.71. The van der Waals surface area contributed by atoms with Crippen molar-refractivity contribution in [2.24, 2.45) is 0 Å². The number of nitrogens with one attached hydrogen (secondary N) is 1. The molecule has 0 aliphatic carbocycles. The maximum Gasteiger partial charge on any atom is 0.343 e. The summed E-state index contributed by atoms with van der Waals surface area (Å²) in [6.45, 7) is 9.38. The molecule has 0 atom stereocenters. The van der Waals surface area contributed by atoms with Gasteiger partial charge in [-0.05, 0) is 49.9 Å². The predicted octanol–water partition coefficient (Wildman–Crippen LogP) is 4.11. The lowest BCUT2D eigenvalue weighted by Crippen LogP contribution is -2.18. The molecule has 8 heteroatoms. The number of aromatic amines is 1. The second-order valence-electron chi connectivity index (χ2n) is 7.89. The minimum atomic E-state index is -0.269. The van der Waals surface area contributed by atoms with Gasteiger partial charge in [-0.1, -0.05) is 37.7 Å². The summed E-state index contributed by atoms with van der Waals surface area (Å²) in [5, 5.41) is 7.05. The third kappa shape index (κ3) is 5.19. The zero-order valence-corrected chi connectivity index (χ0v) is 19.6. The molecule has 3 rings (SSSR count). The van der Waals surface area contributed by atoms with Crippen LogP contribution in [0.25, 0.3) is 5.69 Å². The third-order valence-electron chi connectivity index (χ3n) is 5.34. The van der Waals surface area contributed by atoms with Gasteiger partial charge < -0.3 is 9.30 Å². The molecule has 1 aromatic carbocycles. The van der Waals surface area contributed by atoms with Gasteiger partial charge in [-0.15, -0.1) is 5.10 Å². The summed E-state index contributed by atoms with van der Waals surface area (Å²) in [5.74, 6) is 0.705. The molecule has 0 radical (unpaired) electrons. The van der Waals surface area contributed by atoms with Crippen molar-refractivity contribution < 1.29 is 9.53 Å². The van der Waals surface area contributed by atoms with Crippen molar-refractivity contribution in [1.29, 1.82) is 0 Å². The standard InChI is InChI=1S/C23H30N4O3S/c1-15(2)18-7-9-19(10-8-18)27-16(3)13-20(17(27)4)21(28)14-31-23-25-24-22(29)26(23)11-6-12-30-5/h7-10,13,15H,6,11-12,14H2,1-5H3,(H,24,29). The Morgan fingerprint density at radius 3 is 2.58 bits per heavy atom. The van der Waals surface area contributed by atoms with Crippen molar-refractivity contribution in [3.63, 3.8) is 0 Å². The zero-order valence-electron chi connectivity index (χ0n) is 18.8. The molecule has 0 bridgehead atoms. The number of hydrogen-bond donors (Lipinski definition) is 1. The lowest BCUT2D eigenvalue weighted by molar-refractivity contribution is 0.102. The highest BCUT2D eigenvalue weighted by Crippen LogP contribution is 2.25. The van der Waals surface area contributed by atoms with Gasteiger partial charge in [-0.25, -0.2) is 9.89 Å². The summed E-state index contributed by atoms with van der Waals surface area (Å²) in [4.78, 5) is 25.0. The molecule has 7 nitrogen and oxygen atoms in total. The van der Waals surface area contributed by atoms with Crippen molar-refractivity contribution in [3.05, 3.63) is 63.3 Å². The Balaban J connectivity index is 1.75. The fraction of sp³-hybridized carbons (Fsp3) is 0.435. The number of benzene rings is 1. The number of rotatable bonds is 10. The Morgan fingerprint density at radius 1 is 1.23 bits per heavy atom. The lowest BCUT2D eigenvalue weighted by Gasteiger charge is -2.12. The number of Topliss-reactive ketones (excluding diaryl/α,β-unsaturated/α-hetero) is 1. The van der Waals surface area contributed by atoms with E-state index in [-0.39, 0.29) is 17.2 Å². The van der Waals surface area contributed by atoms with E-state index in [9.17, 15) is 9.59 Å². The number of methoxy groups -OCH3 is 1. The molecule has 0 aliphatic heterocycles. The number of hydrogen-bond acceptors (Lipinski definition) is 5. The van der Waals surface area contributed by atoms with E-state index in [0.29, 0.717) is 36.2 Å². The first-order valence-corrected chi connectivity index (χ1v) is 11.4. The second-order valence-corrected chi connectivity index (χ2v) is 8.83. The molecule has 2 aromatic heterocycles. The molecule has 31 heavy (non-hydrogen) atoms. The number of carbonyl (C=O) groups excluding carboxylic acids is 1. The number of aromatic nitrogens is 4. The number of thioether (sulfide) groups is 1. The second kappa shape index (κ2) is 10.2. The van der Waals surface area contributed by atoms with Gasteiger partial charge in [0.05, 0.1) is 5.75 Å². The van der Waals surface area contributed by atoms with E-state index in [0.717, 1.165) is 17.1 Å². The van der Waals surface area contributed by atoms with Crippen LogP contribution in [0.5, 0.6) is 0 Å². The van der Waals surface area contributed by atoms with Gasteiger partial charge in [-0.3, -0.25) is 9.36 Å². The monoisotopic (exact) mass is 442 g/mol. The average Bonchev–Trinajstić information content (AvgIpc) is 3.25. The Labute approximate surface area is 186 Å². The number of aryl methyl sites for hydroxylation is 1. The molecule has 166 valence electrons. The normalized spacial score (nSPS) is 11.4. The first-order valence-electron chi connectivity index (χ1n) is 10.4. The molecule has 0 saturated heterocycles. The molecule has 3 aromatic rings. The van der Waals surface area contributed by atoms with Gasteiger partial charge in [0.1, 0.15) is 0 Å². The van der Waals surface area contributed by atoms with Crippen LogP contribution in [0, 0.1) is 13.8 Å². The number of nitrogens with zero attached hydrogens (tertiary/aromatic N) is 3. The highest BCUT2D eigenvalue weighted by molar-refractivity contribution is 7.99. The quantitative estimate of drug-likeness (QED) is 0.290. The SMILES string of the molecule is COCCCn1c(SCC(=O)c2cc(C)n(-c3ccc(C(C)C)cc3)c2C)n[nH]c1=O. The van der Waals surface area contributed by atoms with Crippen molar-refractivity contribution in [1.82, 2.24) is 19.3 Å². The minimum absolute atomic E-state index is 0.0158. The van der Waals surface area contributed by atoms with Crippen molar-refractivity contribution in [3.8, 4) is 5.69 Å². The van der Waals surface area contributed by atoms with E-state index in [4.69, 9.17) is 4.74 Å². The van der Waals surface area contributed by atoms with Crippen LogP contribution in [0.3, 0.4) is 0 Å². The van der Waals surface area contributed by atoms with Gasteiger partial charge in [0.25, 0.3) is 0 Å². The Kier molecular flexibility index (Phi) is 7.56. The summed E-state index contributed by atoms with van der Waals surface area (Å²) >= 11 is 1.27. The van der Waals surface area contributed by atoms with Crippen molar-refractivity contribution in [2.45, 2.75) is 51.7 Å². The molecule has 0 spiro atoms. The van der Waals surface area contributed by atoms with Crippen LogP contribution >= 0.6 is 11.8 Å². The molecular weight excluding hydrogens is 412 g/mol. The van der Waals surface area contributed by atoms with E-state index >= 15 is 0 Å². The fourth-order valence-corrected chi connectivity index (χ4v) is 4.49.